The van der Waals surface area contributed by atoms with Crippen LogP contribution in [0.1, 0.15) is 12.0 Å². The molecule has 0 unspecified atom stereocenters. The number of carbonyl (C=O) groups is 1. The lowest BCUT2D eigenvalue weighted by atomic mass is 10.2. The number of amides is 1. The minimum atomic E-state index is -0.0996. The largest absolute Gasteiger partial charge is 0.362 e. The molecule has 116 valence electrons. The zero-order chi connectivity index (χ0) is 15.9. The van der Waals surface area contributed by atoms with E-state index in [2.05, 4.69) is 10.3 Å². The highest BCUT2D eigenvalue weighted by atomic mass is 16.1. The second-order valence-electron chi connectivity index (χ2n) is 5.14. The fourth-order valence-electron chi connectivity index (χ4n) is 2.12. The van der Waals surface area contributed by atoms with E-state index in [1.165, 1.54) is 10.6 Å². The van der Waals surface area contributed by atoms with Crippen LogP contribution >= 0.6 is 0 Å². The molecule has 6 nitrogen and oxygen atoms in total. The number of rotatable bonds is 6. The summed E-state index contributed by atoms with van der Waals surface area (Å²) in [5.74, 6) is 0.742. The molecule has 2 heterocycles. The molecule has 1 amide bonds. The van der Waals surface area contributed by atoms with E-state index in [0.717, 1.165) is 11.4 Å². The van der Waals surface area contributed by atoms with Gasteiger partial charge in [0, 0.05) is 57.6 Å². The number of nitrogens with zero attached hydrogens (tertiary/aromatic N) is 3. The summed E-state index contributed by atoms with van der Waals surface area (Å²) in [7, 11) is 3.82. The maximum absolute atomic E-state index is 11.9. The number of aryl methyl sites for hydroxylation is 1. The molecule has 0 saturated carbocycles. The maximum atomic E-state index is 11.9. The molecule has 1 N–H and O–H groups in total. The van der Waals surface area contributed by atoms with Crippen LogP contribution in [0.4, 0.5) is 5.82 Å². The summed E-state index contributed by atoms with van der Waals surface area (Å²) in [6, 6.07) is 8.72. The molecular weight excluding hydrogens is 280 g/mol. The first kappa shape index (κ1) is 15.8. The van der Waals surface area contributed by atoms with Gasteiger partial charge < -0.3 is 14.8 Å². The quantitative estimate of drug-likeness (QED) is 0.865. The first-order valence-electron chi connectivity index (χ1n) is 7.11. The van der Waals surface area contributed by atoms with Gasteiger partial charge >= 0.3 is 0 Å². The average molecular weight is 300 g/mol. The van der Waals surface area contributed by atoms with Crippen molar-refractivity contribution in [2.24, 2.45) is 0 Å². The van der Waals surface area contributed by atoms with Crippen LogP contribution in [-0.4, -0.2) is 29.6 Å². The van der Waals surface area contributed by atoms with E-state index >= 15 is 0 Å². The molecule has 0 saturated heterocycles. The molecule has 0 spiro atoms. The number of pyridine rings is 2. The highest BCUT2D eigenvalue weighted by Gasteiger charge is 2.07. The molecule has 2 aromatic rings. The third kappa shape index (κ3) is 4.18. The number of carbonyl (C=O) groups excluding carboxylic acids is 1. The van der Waals surface area contributed by atoms with Crippen molar-refractivity contribution in [2.45, 2.75) is 19.5 Å². The lowest BCUT2D eigenvalue weighted by molar-refractivity contribution is -0.121. The van der Waals surface area contributed by atoms with Crippen molar-refractivity contribution in [3.63, 3.8) is 0 Å². The van der Waals surface area contributed by atoms with Gasteiger partial charge in [-0.2, -0.15) is 0 Å². The normalized spacial score (nSPS) is 10.3. The molecular formula is C16H20N4O2. The Morgan fingerprint density at radius 1 is 1.27 bits per heavy atom. The monoisotopic (exact) mass is 300 g/mol. The first-order valence-corrected chi connectivity index (χ1v) is 7.11. The zero-order valence-electron chi connectivity index (χ0n) is 12.8. The summed E-state index contributed by atoms with van der Waals surface area (Å²) in [5, 5.41) is 2.86. The van der Waals surface area contributed by atoms with E-state index in [1.54, 1.807) is 24.5 Å². The van der Waals surface area contributed by atoms with E-state index in [1.807, 2.05) is 31.1 Å². The van der Waals surface area contributed by atoms with Crippen LogP contribution in [0.5, 0.6) is 0 Å². The van der Waals surface area contributed by atoms with Gasteiger partial charge in [-0.15, -0.1) is 0 Å². The third-order valence-electron chi connectivity index (χ3n) is 3.25. The van der Waals surface area contributed by atoms with Crippen LogP contribution in [0.25, 0.3) is 0 Å². The molecule has 0 atom stereocenters. The molecule has 0 aliphatic rings. The molecule has 0 bridgehead atoms. The Morgan fingerprint density at radius 3 is 2.82 bits per heavy atom. The Labute approximate surface area is 129 Å². The lowest BCUT2D eigenvalue weighted by Gasteiger charge is -2.16. The Bertz CT molecular complexity index is 694. The summed E-state index contributed by atoms with van der Waals surface area (Å²) in [6.07, 6.45) is 3.67. The van der Waals surface area contributed by atoms with Gasteiger partial charge in [0.2, 0.25) is 5.91 Å². The van der Waals surface area contributed by atoms with E-state index in [-0.39, 0.29) is 17.9 Å². The van der Waals surface area contributed by atoms with Gasteiger partial charge in [0.05, 0.1) is 0 Å². The molecule has 6 heteroatoms. The number of nitrogens with one attached hydrogen (secondary N) is 1. The van der Waals surface area contributed by atoms with E-state index in [4.69, 9.17) is 0 Å². The van der Waals surface area contributed by atoms with Gasteiger partial charge in [0.1, 0.15) is 5.82 Å². The lowest BCUT2D eigenvalue weighted by Crippen LogP contribution is -2.27. The molecule has 0 aliphatic carbocycles. The van der Waals surface area contributed by atoms with Crippen molar-refractivity contribution in [1.82, 2.24) is 14.9 Å². The molecule has 0 fully saturated rings. The highest BCUT2D eigenvalue weighted by Crippen LogP contribution is 2.13. The van der Waals surface area contributed by atoms with Crippen molar-refractivity contribution in [3.05, 3.63) is 58.6 Å². The zero-order valence-corrected chi connectivity index (χ0v) is 12.8. The highest BCUT2D eigenvalue weighted by molar-refractivity contribution is 5.76. The van der Waals surface area contributed by atoms with Crippen molar-refractivity contribution in [2.75, 3.05) is 19.0 Å². The summed E-state index contributed by atoms with van der Waals surface area (Å²) >= 11 is 0. The fraction of sp³-hybridized carbons (Fsp3) is 0.312. The van der Waals surface area contributed by atoms with Crippen LogP contribution in [0.3, 0.4) is 0 Å². The van der Waals surface area contributed by atoms with Crippen LogP contribution in [0, 0.1) is 0 Å². The second kappa shape index (κ2) is 7.40. The van der Waals surface area contributed by atoms with Gasteiger partial charge in [-0.1, -0.05) is 12.1 Å². The molecule has 2 rings (SSSR count). The van der Waals surface area contributed by atoms with Gasteiger partial charge in [0.25, 0.3) is 5.56 Å². The van der Waals surface area contributed by atoms with Crippen molar-refractivity contribution in [1.29, 1.82) is 0 Å². The predicted octanol–water partition coefficient (Wildman–Crippen LogP) is 1.02. The maximum Gasteiger partial charge on any atom is 0.250 e. The van der Waals surface area contributed by atoms with Crippen LogP contribution in [0.15, 0.2) is 47.5 Å². The van der Waals surface area contributed by atoms with Crippen molar-refractivity contribution < 1.29 is 4.79 Å². The standard InChI is InChI=1S/C16H20N4O2/c1-19(2)16-13(6-5-9-17-16)12-18-14(21)8-11-20-10-4-3-7-15(20)22/h3-7,9-10H,8,11-12H2,1-2H3,(H,18,21). The second-order valence-corrected chi connectivity index (χ2v) is 5.14. The molecule has 0 aliphatic heterocycles. The van der Waals surface area contributed by atoms with E-state index < -0.39 is 0 Å². The van der Waals surface area contributed by atoms with Gasteiger partial charge in [-0.05, 0) is 12.1 Å². The predicted molar refractivity (Wildman–Crippen MR) is 85.7 cm³/mol. The summed E-state index contributed by atoms with van der Waals surface area (Å²) in [5.41, 5.74) is 0.857. The summed E-state index contributed by atoms with van der Waals surface area (Å²) < 4.78 is 1.52. The number of hydrogen-bond acceptors (Lipinski definition) is 4. The van der Waals surface area contributed by atoms with Crippen LogP contribution < -0.4 is 15.8 Å². The van der Waals surface area contributed by atoms with Crippen LogP contribution in [0.2, 0.25) is 0 Å². The van der Waals surface area contributed by atoms with Gasteiger partial charge in [-0.3, -0.25) is 9.59 Å². The fourth-order valence-corrected chi connectivity index (χ4v) is 2.12. The molecule has 0 radical (unpaired) electrons. The number of hydrogen-bond donors (Lipinski definition) is 1. The Kier molecular flexibility index (Phi) is 5.30. The van der Waals surface area contributed by atoms with Crippen LogP contribution in [-0.2, 0) is 17.9 Å². The minimum absolute atomic E-state index is 0.0932. The van der Waals surface area contributed by atoms with Crippen molar-refractivity contribution in [3.8, 4) is 0 Å². The smallest absolute Gasteiger partial charge is 0.250 e. The number of anilines is 1. The van der Waals surface area contributed by atoms with Gasteiger partial charge in [-0.25, -0.2) is 4.98 Å². The van der Waals surface area contributed by atoms with Crippen molar-refractivity contribution >= 4 is 11.7 Å². The van der Waals surface area contributed by atoms with E-state index in [9.17, 15) is 9.59 Å². The summed E-state index contributed by atoms with van der Waals surface area (Å²) in [4.78, 5) is 29.7. The number of aromatic nitrogens is 2. The average Bonchev–Trinajstić information content (AvgIpc) is 2.52. The molecule has 2 aromatic heterocycles. The third-order valence-corrected chi connectivity index (χ3v) is 3.25. The molecule has 22 heavy (non-hydrogen) atoms. The SMILES string of the molecule is CN(C)c1ncccc1CNC(=O)CCn1ccccc1=O. The molecule has 0 aromatic carbocycles. The Morgan fingerprint density at radius 2 is 2.09 bits per heavy atom. The minimum Gasteiger partial charge on any atom is -0.362 e. The topological polar surface area (TPSA) is 67.2 Å². The summed E-state index contributed by atoms with van der Waals surface area (Å²) in [6.45, 7) is 0.795. The Balaban J connectivity index is 1.89. The Hall–Kier alpha value is -2.63. The van der Waals surface area contributed by atoms with E-state index in [0.29, 0.717) is 13.1 Å². The first-order chi connectivity index (χ1) is 10.6. The van der Waals surface area contributed by atoms with Gasteiger partial charge in [0.15, 0.2) is 0 Å².